The fourth-order valence-corrected chi connectivity index (χ4v) is 1.98. The van der Waals surface area contributed by atoms with E-state index < -0.39 is 0 Å². The molecule has 0 aliphatic rings. The molecule has 3 nitrogen and oxygen atoms in total. The van der Waals surface area contributed by atoms with Crippen LogP contribution in [-0.2, 0) is 0 Å². The van der Waals surface area contributed by atoms with E-state index in [4.69, 9.17) is 27.7 Å². The molecule has 0 radical (unpaired) electrons. The number of rotatable bonds is 3. The Kier molecular flexibility index (Phi) is 4.07. The predicted molar refractivity (Wildman–Crippen MR) is 71.3 cm³/mol. The number of hydrogen-bond acceptors (Lipinski definition) is 3. The lowest BCUT2D eigenvalue weighted by Gasteiger charge is -2.00. The molecule has 0 saturated heterocycles. The highest BCUT2D eigenvalue weighted by Gasteiger charge is 2.17. The van der Waals surface area contributed by atoms with Gasteiger partial charge in [0, 0.05) is 4.47 Å². The summed E-state index contributed by atoms with van der Waals surface area (Å²) in [5, 5.41) is 4.15. The highest BCUT2D eigenvalue weighted by atomic mass is 79.9. The second kappa shape index (κ2) is 5.38. The summed E-state index contributed by atoms with van der Waals surface area (Å²) >= 11 is 15.5. The summed E-state index contributed by atoms with van der Waals surface area (Å²) in [6, 6.07) is 5.52. The molecule has 2 aromatic rings. The number of halogens is 3. The van der Waals surface area contributed by atoms with Gasteiger partial charge in [-0.2, -0.15) is 4.98 Å². The van der Waals surface area contributed by atoms with E-state index in [1.54, 1.807) is 0 Å². The van der Waals surface area contributed by atoms with Crippen LogP contribution < -0.4 is 0 Å². The van der Waals surface area contributed by atoms with Crippen LogP contribution in [0.15, 0.2) is 27.2 Å². The first-order valence-corrected chi connectivity index (χ1v) is 6.66. The largest absolute Gasteiger partial charge is 0.334 e. The van der Waals surface area contributed by atoms with Crippen molar-refractivity contribution in [3.8, 4) is 11.5 Å². The first-order valence-electron chi connectivity index (χ1n) is 5.05. The van der Waals surface area contributed by atoms with E-state index >= 15 is 0 Å². The molecule has 1 aromatic heterocycles. The van der Waals surface area contributed by atoms with Gasteiger partial charge in [0.2, 0.25) is 0 Å². The maximum atomic E-state index is 6.14. The Bertz CT molecular complexity index is 530. The molecule has 0 bridgehead atoms. The van der Waals surface area contributed by atoms with Crippen LogP contribution in [0.5, 0.6) is 0 Å². The van der Waals surface area contributed by atoms with Crippen molar-refractivity contribution in [2.24, 2.45) is 0 Å². The monoisotopic (exact) mass is 334 g/mol. The summed E-state index contributed by atoms with van der Waals surface area (Å²) in [5.74, 6) is 0.866. The second-order valence-electron chi connectivity index (χ2n) is 3.43. The molecule has 1 heterocycles. The van der Waals surface area contributed by atoms with Gasteiger partial charge in [-0.05, 0) is 34.5 Å². The van der Waals surface area contributed by atoms with E-state index in [1.807, 2.05) is 25.1 Å². The molecule has 0 aliphatic heterocycles. The number of nitrogens with zero attached hydrogens (tertiary/aromatic N) is 2. The van der Waals surface area contributed by atoms with Crippen LogP contribution in [0.3, 0.4) is 0 Å². The summed E-state index contributed by atoms with van der Waals surface area (Å²) in [6.45, 7) is 1.96. The van der Waals surface area contributed by atoms with Gasteiger partial charge in [0.15, 0.2) is 5.82 Å². The summed E-state index contributed by atoms with van der Waals surface area (Å²) in [4.78, 5) is 4.24. The molecule has 2 rings (SSSR count). The molecule has 0 N–H and O–H groups in total. The predicted octanol–water partition coefficient (Wildman–Crippen LogP) is 4.84. The third-order valence-corrected chi connectivity index (χ3v) is 4.06. The summed E-state index contributed by atoms with van der Waals surface area (Å²) < 4.78 is 5.95. The van der Waals surface area contributed by atoms with Gasteiger partial charge in [0.05, 0.1) is 16.0 Å². The minimum Gasteiger partial charge on any atom is -0.334 e. The quantitative estimate of drug-likeness (QED) is 0.753. The minimum atomic E-state index is -0.238. The highest BCUT2D eigenvalue weighted by molar-refractivity contribution is 9.10. The number of alkyl halides is 1. The zero-order valence-electron chi connectivity index (χ0n) is 8.95. The molecule has 1 atom stereocenters. The van der Waals surface area contributed by atoms with Crippen LogP contribution in [-0.4, -0.2) is 10.1 Å². The molecular weight excluding hydrogens is 327 g/mol. The first-order chi connectivity index (χ1) is 8.13. The van der Waals surface area contributed by atoms with Gasteiger partial charge < -0.3 is 4.52 Å². The normalized spacial score (nSPS) is 12.7. The molecule has 0 amide bonds. The molecule has 0 saturated carbocycles. The SMILES string of the molecule is CCC(Cl)c1noc(-c2cccc(Br)c2Cl)n1. The van der Waals surface area contributed by atoms with E-state index in [0.717, 1.165) is 10.9 Å². The first kappa shape index (κ1) is 12.9. The van der Waals surface area contributed by atoms with Gasteiger partial charge in [-0.25, -0.2) is 0 Å². The lowest BCUT2D eigenvalue weighted by molar-refractivity contribution is 0.421. The van der Waals surface area contributed by atoms with Crippen molar-refractivity contribution in [2.75, 3.05) is 0 Å². The maximum absolute atomic E-state index is 6.14. The summed E-state index contributed by atoms with van der Waals surface area (Å²) in [6.07, 6.45) is 0.743. The van der Waals surface area contributed by atoms with Crippen molar-refractivity contribution in [3.63, 3.8) is 0 Å². The van der Waals surface area contributed by atoms with E-state index in [2.05, 4.69) is 26.1 Å². The van der Waals surface area contributed by atoms with Crippen LogP contribution in [0, 0.1) is 0 Å². The van der Waals surface area contributed by atoms with Crippen molar-refractivity contribution in [2.45, 2.75) is 18.7 Å². The van der Waals surface area contributed by atoms with Crippen molar-refractivity contribution in [3.05, 3.63) is 33.5 Å². The van der Waals surface area contributed by atoms with Crippen LogP contribution >= 0.6 is 39.1 Å². The number of aromatic nitrogens is 2. The fourth-order valence-electron chi connectivity index (χ4n) is 1.32. The Morgan fingerprint density at radius 1 is 1.47 bits per heavy atom. The molecule has 6 heteroatoms. The van der Waals surface area contributed by atoms with E-state index in [1.165, 1.54) is 0 Å². The maximum Gasteiger partial charge on any atom is 0.259 e. The lowest BCUT2D eigenvalue weighted by Crippen LogP contribution is -1.90. The minimum absolute atomic E-state index is 0.238. The van der Waals surface area contributed by atoms with Crippen molar-refractivity contribution < 1.29 is 4.52 Å². The topological polar surface area (TPSA) is 38.9 Å². The molecule has 0 aliphatic carbocycles. The third-order valence-electron chi connectivity index (χ3n) is 2.26. The summed E-state index contributed by atoms with van der Waals surface area (Å²) in [7, 11) is 0. The smallest absolute Gasteiger partial charge is 0.259 e. The van der Waals surface area contributed by atoms with Crippen LogP contribution in [0.2, 0.25) is 5.02 Å². The van der Waals surface area contributed by atoms with Gasteiger partial charge in [-0.1, -0.05) is 29.7 Å². The zero-order chi connectivity index (χ0) is 12.4. The van der Waals surface area contributed by atoms with Gasteiger partial charge in [-0.3, -0.25) is 0 Å². The average Bonchev–Trinajstić information content (AvgIpc) is 2.81. The second-order valence-corrected chi connectivity index (χ2v) is 5.19. The Balaban J connectivity index is 2.40. The zero-order valence-corrected chi connectivity index (χ0v) is 12.1. The Hall–Kier alpha value is -0.580. The third kappa shape index (κ3) is 2.64. The highest BCUT2D eigenvalue weighted by Crippen LogP contribution is 2.33. The van der Waals surface area contributed by atoms with Gasteiger partial charge in [0.1, 0.15) is 0 Å². The Labute approximate surface area is 117 Å². The molecule has 17 heavy (non-hydrogen) atoms. The van der Waals surface area contributed by atoms with Crippen molar-refractivity contribution >= 4 is 39.1 Å². The summed E-state index contributed by atoms with van der Waals surface area (Å²) in [5.41, 5.74) is 0.694. The molecule has 1 unspecified atom stereocenters. The Morgan fingerprint density at radius 3 is 2.94 bits per heavy atom. The molecule has 0 fully saturated rings. The van der Waals surface area contributed by atoms with Crippen molar-refractivity contribution in [1.29, 1.82) is 0 Å². The van der Waals surface area contributed by atoms with E-state index in [0.29, 0.717) is 22.3 Å². The van der Waals surface area contributed by atoms with E-state index in [9.17, 15) is 0 Å². The van der Waals surface area contributed by atoms with Gasteiger partial charge in [-0.15, -0.1) is 11.6 Å². The number of hydrogen-bond donors (Lipinski definition) is 0. The van der Waals surface area contributed by atoms with Crippen LogP contribution in [0.4, 0.5) is 0 Å². The van der Waals surface area contributed by atoms with Crippen LogP contribution in [0.25, 0.3) is 11.5 Å². The standard InChI is InChI=1S/C11H9BrCl2N2O/c1-2-8(13)10-15-11(17-16-10)6-4-3-5-7(12)9(6)14/h3-5,8H,2H2,1H3. The van der Waals surface area contributed by atoms with Gasteiger partial charge in [0.25, 0.3) is 5.89 Å². The lowest BCUT2D eigenvalue weighted by atomic mass is 10.2. The van der Waals surface area contributed by atoms with E-state index in [-0.39, 0.29) is 5.38 Å². The fraction of sp³-hybridized carbons (Fsp3) is 0.273. The van der Waals surface area contributed by atoms with Crippen LogP contribution in [0.1, 0.15) is 24.5 Å². The Morgan fingerprint density at radius 2 is 2.24 bits per heavy atom. The van der Waals surface area contributed by atoms with Gasteiger partial charge >= 0.3 is 0 Å². The molecule has 0 spiro atoms. The molecule has 90 valence electrons. The van der Waals surface area contributed by atoms with Crippen molar-refractivity contribution in [1.82, 2.24) is 10.1 Å². The molecule has 1 aromatic carbocycles. The molecular formula is C11H9BrCl2N2O. The average molecular weight is 336 g/mol. The number of benzene rings is 1.